The Morgan fingerprint density at radius 1 is 1.05 bits per heavy atom. The van der Waals surface area contributed by atoms with Gasteiger partial charge in [-0.25, -0.2) is 13.6 Å². The maximum Gasteiger partial charge on any atom is 0.407 e. The second kappa shape index (κ2) is 19.1. The number of ether oxygens (including phenoxy) is 2. The SMILES string of the molecule is C#Cc1c(F)ccc2cc(O)cc(-c3ncc4c(N5CC6CCC(C5)N6)nc(OCC56CCCN5C(COC(=O)NCCCCCCCCCCC(C)O)CC6)nc4c3F)c12. The largest absolute Gasteiger partial charge is 0.508 e. The average Bonchev–Trinajstić information content (AvgIpc) is 3.93. The van der Waals surface area contributed by atoms with Crippen molar-refractivity contribution in [1.29, 1.82) is 0 Å². The van der Waals surface area contributed by atoms with E-state index in [2.05, 4.69) is 36.3 Å². The Bertz CT molecular complexity index is 2240. The number of nitrogens with one attached hydrogen (secondary N) is 2. The smallest absolute Gasteiger partial charge is 0.407 e. The number of fused-ring (bicyclic) bond motifs is 5. The number of terminal acetylenes is 1. The Morgan fingerprint density at radius 3 is 2.56 bits per heavy atom. The Kier molecular flexibility index (Phi) is 13.4. The van der Waals surface area contributed by atoms with Gasteiger partial charge in [0.25, 0.3) is 0 Å². The third kappa shape index (κ3) is 9.49. The van der Waals surface area contributed by atoms with Crippen molar-refractivity contribution in [3.8, 4) is 35.4 Å². The number of anilines is 1. The van der Waals surface area contributed by atoms with Gasteiger partial charge in [0, 0.05) is 54.9 Å². The van der Waals surface area contributed by atoms with Gasteiger partial charge in [-0.1, -0.05) is 56.9 Å². The summed E-state index contributed by atoms with van der Waals surface area (Å²) in [6.45, 7) is 5.25. The number of piperazine rings is 1. The van der Waals surface area contributed by atoms with Gasteiger partial charge < -0.3 is 35.2 Å². The zero-order valence-electron chi connectivity index (χ0n) is 35.2. The molecule has 4 aromatic rings. The minimum Gasteiger partial charge on any atom is -0.508 e. The number of phenols is 1. The second-order valence-corrected chi connectivity index (χ2v) is 17.7. The van der Waals surface area contributed by atoms with Crippen LogP contribution in [0.2, 0.25) is 0 Å². The van der Waals surface area contributed by atoms with E-state index in [0.717, 1.165) is 77.2 Å². The molecular weight excluding hydrogens is 781 g/mol. The van der Waals surface area contributed by atoms with E-state index in [1.165, 1.54) is 49.9 Å². The van der Waals surface area contributed by atoms with Crippen molar-refractivity contribution < 1.29 is 33.3 Å². The molecule has 5 atom stereocenters. The van der Waals surface area contributed by atoms with Crippen molar-refractivity contribution in [3.05, 3.63) is 47.7 Å². The zero-order chi connectivity index (χ0) is 42.5. The first kappa shape index (κ1) is 42.8. The first-order chi connectivity index (χ1) is 29.6. The van der Waals surface area contributed by atoms with E-state index in [1.54, 1.807) is 6.20 Å². The van der Waals surface area contributed by atoms with Crippen LogP contribution < -0.4 is 20.3 Å². The molecular formula is C47H59F2N7O5. The maximum absolute atomic E-state index is 17.1. The minimum atomic E-state index is -0.753. The first-order valence-corrected chi connectivity index (χ1v) is 22.4. The molecule has 2 aromatic heterocycles. The van der Waals surface area contributed by atoms with Crippen LogP contribution in [0, 0.1) is 24.0 Å². The summed E-state index contributed by atoms with van der Waals surface area (Å²) in [5.74, 6) is 1.41. The number of phenolic OH excluding ortho intramolecular Hbond substituents is 1. The molecule has 0 spiro atoms. The average molecular weight is 840 g/mol. The van der Waals surface area contributed by atoms with Gasteiger partial charge in [0.15, 0.2) is 5.82 Å². The number of hydrogen-bond acceptors (Lipinski definition) is 11. The molecule has 326 valence electrons. The van der Waals surface area contributed by atoms with Gasteiger partial charge >= 0.3 is 12.1 Å². The van der Waals surface area contributed by atoms with Crippen molar-refractivity contribution in [2.45, 2.75) is 133 Å². The summed E-state index contributed by atoms with van der Waals surface area (Å²) in [5.41, 5.74) is -0.308. The zero-order valence-corrected chi connectivity index (χ0v) is 35.2. The van der Waals surface area contributed by atoms with Crippen LogP contribution in [0.4, 0.5) is 19.4 Å². The molecule has 0 aliphatic carbocycles. The number of halogens is 2. The molecule has 14 heteroatoms. The molecule has 4 aliphatic rings. The predicted molar refractivity (Wildman–Crippen MR) is 232 cm³/mol. The van der Waals surface area contributed by atoms with E-state index >= 15 is 4.39 Å². The molecule has 4 N–H and O–H groups in total. The van der Waals surface area contributed by atoms with Crippen molar-refractivity contribution in [2.24, 2.45) is 0 Å². The van der Waals surface area contributed by atoms with Crippen LogP contribution in [0.1, 0.15) is 109 Å². The normalized spacial score (nSPS) is 22.7. The number of alkyl carbamates (subject to hydrolysis) is 1. The highest BCUT2D eigenvalue weighted by Gasteiger charge is 2.50. The van der Waals surface area contributed by atoms with Gasteiger partial charge in [-0.05, 0) is 88.4 Å². The van der Waals surface area contributed by atoms with Crippen LogP contribution in [-0.4, -0.2) is 105 Å². The van der Waals surface area contributed by atoms with Crippen molar-refractivity contribution >= 4 is 33.6 Å². The fraction of sp³-hybridized carbons (Fsp3) is 0.574. The van der Waals surface area contributed by atoms with Crippen LogP contribution in [-0.2, 0) is 4.74 Å². The molecule has 2 bridgehead atoms. The summed E-state index contributed by atoms with van der Waals surface area (Å²) in [6.07, 6.45) is 22.2. The van der Waals surface area contributed by atoms with E-state index in [0.29, 0.717) is 42.8 Å². The Labute approximate surface area is 356 Å². The molecule has 12 nitrogen and oxygen atoms in total. The van der Waals surface area contributed by atoms with Gasteiger partial charge in [0.05, 0.1) is 22.6 Å². The number of unbranched alkanes of at least 4 members (excludes halogenated alkanes) is 7. The van der Waals surface area contributed by atoms with Gasteiger partial charge in [0.1, 0.15) is 41.8 Å². The van der Waals surface area contributed by atoms with E-state index in [9.17, 15) is 19.4 Å². The second-order valence-electron chi connectivity index (χ2n) is 17.7. The number of amides is 1. The van der Waals surface area contributed by atoms with Crippen LogP contribution in [0.3, 0.4) is 0 Å². The topological polar surface area (TPSA) is 145 Å². The van der Waals surface area contributed by atoms with Gasteiger partial charge in [-0.2, -0.15) is 9.97 Å². The molecule has 0 radical (unpaired) electrons. The lowest BCUT2D eigenvalue weighted by molar-refractivity contribution is 0.0551. The van der Waals surface area contributed by atoms with Crippen LogP contribution in [0.15, 0.2) is 30.5 Å². The number of rotatable bonds is 18. The standard InChI is InChI=1S/C47H59F2N7O5/c1-3-36-39(48)17-14-31-23-35(58)24-37(40(31)36)42-41(49)43-38(25-51-42)44(55-26-32-15-16-33(27-55)52-32)54-45(53-43)61-29-47-19-12-22-56(47)34(18-20-47)28-60-46(59)50-21-11-9-7-5-4-6-8-10-13-30(2)57/h1,14,17,23-25,30,32-34,52,57-58H,4-13,15-16,18-22,26-29H2,2H3,(H,50,59). The van der Waals surface area contributed by atoms with Crippen LogP contribution in [0.5, 0.6) is 11.8 Å². The van der Waals surface area contributed by atoms with Gasteiger partial charge in [-0.3, -0.25) is 9.88 Å². The quantitative estimate of drug-likeness (QED) is 0.0577. The van der Waals surface area contributed by atoms with Crippen molar-refractivity contribution in [2.75, 3.05) is 44.3 Å². The number of nitrogens with zero attached hydrogens (tertiary/aromatic N) is 5. The lowest BCUT2D eigenvalue weighted by atomic mass is 9.95. The monoisotopic (exact) mass is 839 g/mol. The number of aromatic hydroxyl groups is 1. The number of hydrogen-bond donors (Lipinski definition) is 4. The summed E-state index contributed by atoms with van der Waals surface area (Å²) in [6, 6.07) is 6.20. The summed E-state index contributed by atoms with van der Waals surface area (Å²) in [7, 11) is 0. The highest BCUT2D eigenvalue weighted by Crippen LogP contribution is 2.44. The van der Waals surface area contributed by atoms with Crippen molar-refractivity contribution in [3.63, 3.8) is 0 Å². The maximum atomic E-state index is 17.1. The van der Waals surface area contributed by atoms with E-state index in [-0.39, 0.29) is 82.0 Å². The molecule has 0 saturated carbocycles. The molecule has 2 aromatic carbocycles. The minimum absolute atomic E-state index is 0.00976. The molecule has 8 rings (SSSR count). The van der Waals surface area contributed by atoms with Gasteiger partial charge in [-0.15, -0.1) is 6.42 Å². The van der Waals surface area contributed by atoms with Crippen LogP contribution in [0.25, 0.3) is 32.9 Å². The summed E-state index contributed by atoms with van der Waals surface area (Å²) in [4.78, 5) is 31.4. The highest BCUT2D eigenvalue weighted by atomic mass is 19.1. The lowest BCUT2D eigenvalue weighted by Gasteiger charge is -2.35. The number of carbonyl (C=O) groups is 1. The third-order valence-corrected chi connectivity index (χ3v) is 13.3. The number of benzene rings is 2. The Balaban J connectivity index is 0.943. The molecule has 4 saturated heterocycles. The third-order valence-electron chi connectivity index (χ3n) is 13.3. The molecule has 61 heavy (non-hydrogen) atoms. The van der Waals surface area contributed by atoms with E-state index < -0.39 is 11.6 Å². The summed E-state index contributed by atoms with van der Waals surface area (Å²) < 4.78 is 44.3. The molecule has 4 fully saturated rings. The molecule has 4 aliphatic heterocycles. The summed E-state index contributed by atoms with van der Waals surface area (Å²) >= 11 is 0. The number of carbonyl (C=O) groups excluding carboxylic acids is 1. The Morgan fingerprint density at radius 2 is 1.80 bits per heavy atom. The fourth-order valence-electron chi connectivity index (χ4n) is 10.3. The first-order valence-electron chi connectivity index (χ1n) is 22.4. The number of aromatic nitrogens is 3. The van der Waals surface area contributed by atoms with E-state index in [4.69, 9.17) is 20.9 Å². The fourth-order valence-corrected chi connectivity index (χ4v) is 10.3. The molecule has 5 unspecified atom stereocenters. The lowest BCUT2D eigenvalue weighted by Crippen LogP contribution is -2.51. The molecule has 6 heterocycles. The predicted octanol–water partition coefficient (Wildman–Crippen LogP) is 7.74. The molecule has 1 amide bonds. The number of aliphatic hydroxyl groups excluding tert-OH is 1. The van der Waals surface area contributed by atoms with Crippen LogP contribution >= 0.6 is 0 Å². The van der Waals surface area contributed by atoms with Crippen molar-refractivity contribution in [1.82, 2.24) is 30.5 Å². The number of aliphatic hydroxyl groups is 1. The number of pyridine rings is 1. The summed E-state index contributed by atoms with van der Waals surface area (Å²) in [5, 5.41) is 27.8. The van der Waals surface area contributed by atoms with E-state index in [1.807, 2.05) is 6.92 Å². The van der Waals surface area contributed by atoms with Gasteiger partial charge in [0.2, 0.25) is 0 Å². The Hall–Kier alpha value is -4.84. The highest BCUT2D eigenvalue weighted by molar-refractivity contribution is 6.03.